The SMILES string of the molecule is CCC(C)[C@H](NC[C@@H]1C[C@H](SC(c2ccccc2)(c2ccccc2)c2ccccc2)CN1C(=O)OC(C)(C)C)C(=O)N1Cc2ccccc2C[C@H]1C(=O)NCC(=O)OC. The smallest absolute Gasteiger partial charge is 0.410 e. The average molecular weight is 819 g/mol. The zero-order valence-electron chi connectivity index (χ0n) is 35.1. The van der Waals surface area contributed by atoms with Gasteiger partial charge in [-0.25, -0.2) is 4.79 Å². The Morgan fingerprint density at radius 3 is 1.86 bits per heavy atom. The van der Waals surface area contributed by atoms with E-state index in [4.69, 9.17) is 9.47 Å². The fourth-order valence-corrected chi connectivity index (χ4v) is 10.1. The summed E-state index contributed by atoms with van der Waals surface area (Å²) in [6, 6.07) is 37.7. The summed E-state index contributed by atoms with van der Waals surface area (Å²) in [5.74, 6) is -1.27. The molecular weight excluding hydrogens is 761 g/mol. The molecule has 2 aliphatic heterocycles. The average Bonchev–Trinajstić information content (AvgIpc) is 3.66. The van der Waals surface area contributed by atoms with Crippen molar-refractivity contribution in [2.24, 2.45) is 5.92 Å². The number of fused-ring (bicyclic) bond motifs is 1. The van der Waals surface area contributed by atoms with Crippen LogP contribution in [0.4, 0.5) is 4.79 Å². The first-order valence-electron chi connectivity index (χ1n) is 20.6. The van der Waals surface area contributed by atoms with Crippen LogP contribution >= 0.6 is 11.8 Å². The molecule has 0 aliphatic carbocycles. The van der Waals surface area contributed by atoms with Gasteiger partial charge in [0.25, 0.3) is 0 Å². The number of rotatable bonds is 14. The Balaban J connectivity index is 1.31. The van der Waals surface area contributed by atoms with E-state index in [0.717, 1.165) is 27.8 Å². The fraction of sp³-hybridized carbons (Fsp3) is 0.417. The minimum atomic E-state index is -0.817. The molecule has 0 saturated carbocycles. The number of hydrogen-bond donors (Lipinski definition) is 2. The highest BCUT2D eigenvalue weighted by Crippen LogP contribution is 2.52. The van der Waals surface area contributed by atoms with Crippen molar-refractivity contribution in [2.75, 3.05) is 26.7 Å². The molecule has 2 aliphatic rings. The second-order valence-electron chi connectivity index (χ2n) is 16.6. The molecule has 5 atom stereocenters. The van der Waals surface area contributed by atoms with Crippen molar-refractivity contribution in [1.29, 1.82) is 0 Å². The van der Waals surface area contributed by atoms with E-state index in [1.807, 2.05) is 93.7 Å². The molecule has 2 heterocycles. The van der Waals surface area contributed by atoms with Crippen molar-refractivity contribution in [3.63, 3.8) is 0 Å². The van der Waals surface area contributed by atoms with Crippen molar-refractivity contribution in [3.05, 3.63) is 143 Å². The Bertz CT molecular complexity index is 1950. The normalized spacial score (nSPS) is 19.0. The molecule has 3 amide bonds. The van der Waals surface area contributed by atoms with E-state index in [1.54, 1.807) is 4.90 Å². The molecule has 0 radical (unpaired) electrons. The van der Waals surface area contributed by atoms with Gasteiger partial charge >= 0.3 is 12.1 Å². The first kappa shape index (κ1) is 43.4. The lowest BCUT2D eigenvalue weighted by atomic mass is 9.84. The number of hydrogen-bond acceptors (Lipinski definition) is 8. The minimum absolute atomic E-state index is 0.00540. The van der Waals surface area contributed by atoms with Crippen LogP contribution in [0.3, 0.4) is 0 Å². The van der Waals surface area contributed by atoms with Gasteiger partial charge in [-0.05, 0) is 60.9 Å². The number of esters is 1. The number of ether oxygens (including phenoxy) is 2. The van der Waals surface area contributed by atoms with E-state index in [1.165, 1.54) is 7.11 Å². The van der Waals surface area contributed by atoms with Crippen LogP contribution in [0.5, 0.6) is 0 Å². The first-order chi connectivity index (χ1) is 28.3. The molecule has 1 saturated heterocycles. The molecule has 2 N–H and O–H groups in total. The molecule has 4 aromatic carbocycles. The Kier molecular flexibility index (Phi) is 14.2. The van der Waals surface area contributed by atoms with Crippen molar-refractivity contribution >= 4 is 35.6 Å². The molecule has 4 aromatic rings. The molecule has 0 bridgehead atoms. The second kappa shape index (κ2) is 19.3. The Labute approximate surface area is 353 Å². The van der Waals surface area contributed by atoms with Crippen LogP contribution in [0.2, 0.25) is 0 Å². The molecule has 1 unspecified atom stereocenters. The van der Waals surface area contributed by atoms with Crippen LogP contribution in [-0.2, 0) is 41.6 Å². The topological polar surface area (TPSA) is 117 Å². The molecule has 6 rings (SSSR count). The Morgan fingerprint density at radius 2 is 1.34 bits per heavy atom. The summed E-state index contributed by atoms with van der Waals surface area (Å²) in [7, 11) is 1.27. The van der Waals surface area contributed by atoms with E-state index in [9.17, 15) is 19.2 Å². The number of nitrogens with zero attached hydrogens (tertiary/aromatic N) is 2. The zero-order chi connectivity index (χ0) is 42.2. The summed E-state index contributed by atoms with van der Waals surface area (Å²) >= 11 is 1.85. The van der Waals surface area contributed by atoms with Gasteiger partial charge in [0.05, 0.1) is 17.9 Å². The lowest BCUT2D eigenvalue weighted by Gasteiger charge is -2.39. The molecule has 1 fully saturated rings. The quantitative estimate of drug-likeness (QED) is 0.100. The maximum atomic E-state index is 14.8. The molecule has 11 heteroatoms. The highest BCUT2D eigenvalue weighted by atomic mass is 32.2. The number of methoxy groups -OCH3 is 1. The third kappa shape index (κ3) is 10.2. The molecule has 0 spiro atoms. The number of carbonyl (C=O) groups is 4. The first-order valence-corrected chi connectivity index (χ1v) is 21.5. The molecule has 312 valence electrons. The maximum absolute atomic E-state index is 14.8. The van der Waals surface area contributed by atoms with Gasteiger partial charge in [-0.2, -0.15) is 0 Å². The summed E-state index contributed by atoms with van der Waals surface area (Å²) in [6.45, 7) is 10.5. The van der Waals surface area contributed by atoms with Gasteiger partial charge in [-0.3, -0.25) is 14.4 Å². The van der Waals surface area contributed by atoms with Gasteiger partial charge in [0.1, 0.15) is 18.2 Å². The van der Waals surface area contributed by atoms with E-state index >= 15 is 0 Å². The van der Waals surface area contributed by atoms with Crippen LogP contribution < -0.4 is 10.6 Å². The number of likely N-dealkylation sites (tertiary alicyclic amines) is 1. The largest absolute Gasteiger partial charge is 0.468 e. The van der Waals surface area contributed by atoms with Crippen LogP contribution in [0, 0.1) is 5.92 Å². The highest BCUT2D eigenvalue weighted by Gasteiger charge is 2.46. The molecule has 10 nitrogen and oxygen atoms in total. The summed E-state index contributed by atoms with van der Waals surface area (Å²) in [5, 5.41) is 6.30. The van der Waals surface area contributed by atoms with Crippen molar-refractivity contribution in [3.8, 4) is 0 Å². The fourth-order valence-electron chi connectivity index (χ4n) is 8.22. The van der Waals surface area contributed by atoms with Crippen LogP contribution in [-0.4, -0.2) is 89.4 Å². The maximum Gasteiger partial charge on any atom is 0.410 e. The number of amides is 3. The third-order valence-electron chi connectivity index (χ3n) is 11.4. The number of carbonyl (C=O) groups excluding carboxylic acids is 4. The van der Waals surface area contributed by atoms with Gasteiger partial charge in [0, 0.05) is 37.3 Å². The summed E-state index contributed by atoms with van der Waals surface area (Å²) in [4.78, 5) is 58.0. The standard InChI is InChI=1S/C48H58N4O6S/c1-7-33(2)43(45(55)52-31-35-20-18-17-19-34(35)27-41(52)44(54)50-30-42(53)57-6)49-29-39-28-40(32-51(39)46(56)58-47(3,4)5)59-48(36-21-11-8-12-22-36,37-23-13-9-14-24-37)38-25-15-10-16-26-38/h8-26,33,39-41,43,49H,7,27-32H2,1-6H3,(H,50,54)/t33?,39-,40-,41-,43-/m0/s1. The lowest BCUT2D eigenvalue weighted by molar-refractivity contribution is -0.146. The molecule has 59 heavy (non-hydrogen) atoms. The molecular formula is C48H58N4O6S. The van der Waals surface area contributed by atoms with Gasteiger partial charge in [0.15, 0.2) is 0 Å². The summed E-state index contributed by atoms with van der Waals surface area (Å²) in [6.07, 6.45) is 1.29. The van der Waals surface area contributed by atoms with Crippen LogP contribution in [0.25, 0.3) is 0 Å². The van der Waals surface area contributed by atoms with Crippen LogP contribution in [0.1, 0.15) is 75.3 Å². The predicted molar refractivity (Wildman–Crippen MR) is 233 cm³/mol. The van der Waals surface area contributed by atoms with E-state index in [0.29, 0.717) is 32.4 Å². The number of nitrogens with one attached hydrogen (secondary N) is 2. The predicted octanol–water partition coefficient (Wildman–Crippen LogP) is 7.34. The zero-order valence-corrected chi connectivity index (χ0v) is 35.9. The monoisotopic (exact) mass is 818 g/mol. The van der Waals surface area contributed by atoms with Gasteiger partial charge in [-0.1, -0.05) is 136 Å². The van der Waals surface area contributed by atoms with E-state index < -0.39 is 40.4 Å². The third-order valence-corrected chi connectivity index (χ3v) is 13.1. The van der Waals surface area contributed by atoms with E-state index in [-0.39, 0.29) is 36.2 Å². The van der Waals surface area contributed by atoms with Crippen molar-refractivity contribution < 1.29 is 28.7 Å². The van der Waals surface area contributed by atoms with E-state index in [2.05, 4.69) is 83.4 Å². The molecule has 0 aromatic heterocycles. The van der Waals surface area contributed by atoms with Gasteiger partial charge in [0.2, 0.25) is 11.8 Å². The lowest BCUT2D eigenvalue weighted by Crippen LogP contribution is -2.59. The Morgan fingerprint density at radius 1 is 0.797 bits per heavy atom. The van der Waals surface area contributed by atoms with Gasteiger partial charge in [-0.15, -0.1) is 11.8 Å². The number of benzene rings is 4. The highest BCUT2D eigenvalue weighted by molar-refractivity contribution is 8.01. The van der Waals surface area contributed by atoms with Crippen molar-refractivity contribution in [1.82, 2.24) is 20.4 Å². The minimum Gasteiger partial charge on any atom is -0.468 e. The summed E-state index contributed by atoms with van der Waals surface area (Å²) < 4.78 is 10.2. The van der Waals surface area contributed by atoms with Gasteiger partial charge < -0.3 is 29.9 Å². The second-order valence-corrected chi connectivity index (χ2v) is 18.1. The van der Waals surface area contributed by atoms with Crippen LogP contribution in [0.15, 0.2) is 115 Å². The van der Waals surface area contributed by atoms with Crippen molar-refractivity contribution in [2.45, 2.75) is 94.1 Å². The number of thioether (sulfide) groups is 1. The summed E-state index contributed by atoms with van der Waals surface area (Å²) in [5.41, 5.74) is 4.69. The Hall–Kier alpha value is -5.13.